The van der Waals surface area contributed by atoms with Crippen LogP contribution in [0.2, 0.25) is 0 Å². The molecule has 0 radical (unpaired) electrons. The predicted octanol–water partition coefficient (Wildman–Crippen LogP) is 1.67. The molecule has 1 heterocycles. The third kappa shape index (κ3) is 1.71. The Morgan fingerprint density at radius 2 is 2.21 bits per heavy atom. The van der Waals surface area contributed by atoms with E-state index < -0.39 is 0 Å². The molecule has 0 atom stereocenters. The van der Waals surface area contributed by atoms with Gasteiger partial charge in [-0.3, -0.25) is 4.99 Å². The quantitative estimate of drug-likeness (QED) is 0.705. The van der Waals surface area contributed by atoms with Gasteiger partial charge in [0.05, 0.1) is 6.54 Å². The van der Waals surface area contributed by atoms with Crippen molar-refractivity contribution in [3.63, 3.8) is 0 Å². The second-order valence-electron chi connectivity index (χ2n) is 3.53. The number of aryl methyl sites for hydroxylation is 1. The fourth-order valence-corrected chi connectivity index (χ4v) is 1.50. The van der Waals surface area contributed by atoms with Gasteiger partial charge in [-0.15, -0.1) is 0 Å². The van der Waals surface area contributed by atoms with Crippen LogP contribution >= 0.6 is 0 Å². The molecule has 1 aromatic carbocycles. The van der Waals surface area contributed by atoms with Crippen LogP contribution in [-0.4, -0.2) is 19.0 Å². The number of rotatable bonds is 1. The molecule has 74 valence electrons. The molecule has 0 fully saturated rings. The fraction of sp³-hybridized carbons (Fsp3) is 0.364. The van der Waals surface area contributed by atoms with Gasteiger partial charge < -0.3 is 10.6 Å². The summed E-state index contributed by atoms with van der Waals surface area (Å²) in [6.45, 7) is 6.04. The van der Waals surface area contributed by atoms with Gasteiger partial charge in [0, 0.05) is 12.2 Å². The van der Waals surface area contributed by atoms with Crippen LogP contribution in [0, 0.1) is 13.8 Å². The lowest BCUT2D eigenvalue weighted by Crippen LogP contribution is -2.26. The van der Waals surface area contributed by atoms with E-state index in [9.17, 15) is 0 Å². The van der Waals surface area contributed by atoms with Gasteiger partial charge in [0.2, 0.25) is 0 Å². The smallest absolute Gasteiger partial charge is 0.195 e. The van der Waals surface area contributed by atoms with Crippen LogP contribution in [0.5, 0.6) is 0 Å². The average molecular weight is 189 g/mol. The van der Waals surface area contributed by atoms with Crippen LogP contribution < -0.4 is 10.6 Å². The molecule has 3 heteroatoms. The Balaban J connectivity index is 2.20. The molecule has 0 bridgehead atoms. The summed E-state index contributed by atoms with van der Waals surface area (Å²) in [4.78, 5) is 4.30. The second-order valence-corrected chi connectivity index (χ2v) is 3.53. The third-order valence-corrected chi connectivity index (χ3v) is 2.53. The summed E-state index contributed by atoms with van der Waals surface area (Å²) in [5.41, 5.74) is 3.72. The molecule has 1 aliphatic heterocycles. The van der Waals surface area contributed by atoms with Crippen molar-refractivity contribution in [2.24, 2.45) is 4.99 Å². The maximum absolute atomic E-state index is 4.30. The van der Waals surface area contributed by atoms with E-state index in [0.29, 0.717) is 0 Å². The zero-order chi connectivity index (χ0) is 9.97. The van der Waals surface area contributed by atoms with Gasteiger partial charge in [-0.1, -0.05) is 12.1 Å². The first-order chi connectivity index (χ1) is 6.77. The first-order valence-corrected chi connectivity index (χ1v) is 4.89. The van der Waals surface area contributed by atoms with Crippen molar-refractivity contribution in [2.75, 3.05) is 18.4 Å². The van der Waals surface area contributed by atoms with Crippen molar-refractivity contribution >= 4 is 11.6 Å². The molecule has 3 nitrogen and oxygen atoms in total. The van der Waals surface area contributed by atoms with E-state index >= 15 is 0 Å². The number of nitrogens with zero attached hydrogens (tertiary/aromatic N) is 1. The molecule has 0 aliphatic carbocycles. The van der Waals surface area contributed by atoms with Crippen LogP contribution in [0.25, 0.3) is 0 Å². The minimum atomic E-state index is 0.868. The van der Waals surface area contributed by atoms with Crippen LogP contribution in [0.4, 0.5) is 5.69 Å². The maximum Gasteiger partial charge on any atom is 0.195 e. The third-order valence-electron chi connectivity index (χ3n) is 2.53. The van der Waals surface area contributed by atoms with Gasteiger partial charge >= 0.3 is 0 Å². The van der Waals surface area contributed by atoms with Crippen molar-refractivity contribution in [3.8, 4) is 0 Å². The van der Waals surface area contributed by atoms with E-state index in [0.717, 1.165) is 24.7 Å². The van der Waals surface area contributed by atoms with E-state index in [1.165, 1.54) is 11.1 Å². The first kappa shape index (κ1) is 9.06. The second kappa shape index (κ2) is 3.70. The average Bonchev–Trinajstić information content (AvgIpc) is 2.66. The lowest BCUT2D eigenvalue weighted by molar-refractivity contribution is 0.959. The van der Waals surface area contributed by atoms with E-state index in [1.807, 2.05) is 0 Å². The number of aliphatic imine (C=N–C) groups is 1. The molecule has 0 saturated heterocycles. The Morgan fingerprint density at radius 3 is 2.93 bits per heavy atom. The summed E-state index contributed by atoms with van der Waals surface area (Å²) in [6, 6.07) is 6.25. The fourth-order valence-electron chi connectivity index (χ4n) is 1.50. The molecule has 1 aliphatic rings. The van der Waals surface area contributed by atoms with Crippen molar-refractivity contribution in [1.29, 1.82) is 0 Å². The molecule has 0 amide bonds. The Bertz CT molecular complexity index is 369. The van der Waals surface area contributed by atoms with Gasteiger partial charge in [-0.05, 0) is 31.0 Å². The minimum absolute atomic E-state index is 0.868. The Kier molecular flexibility index (Phi) is 2.39. The van der Waals surface area contributed by atoms with Gasteiger partial charge in [-0.2, -0.15) is 0 Å². The zero-order valence-corrected chi connectivity index (χ0v) is 8.59. The molecule has 0 saturated carbocycles. The number of guanidine groups is 1. The van der Waals surface area contributed by atoms with E-state index in [4.69, 9.17) is 0 Å². The van der Waals surface area contributed by atoms with Crippen molar-refractivity contribution in [3.05, 3.63) is 29.3 Å². The highest BCUT2D eigenvalue weighted by molar-refractivity contribution is 5.95. The van der Waals surface area contributed by atoms with Crippen molar-refractivity contribution in [1.82, 2.24) is 5.32 Å². The van der Waals surface area contributed by atoms with Crippen LogP contribution in [0.15, 0.2) is 23.2 Å². The molecular formula is C11H15N3. The zero-order valence-electron chi connectivity index (χ0n) is 8.59. The van der Waals surface area contributed by atoms with Gasteiger partial charge in [0.1, 0.15) is 0 Å². The van der Waals surface area contributed by atoms with Crippen molar-refractivity contribution in [2.45, 2.75) is 13.8 Å². The number of anilines is 1. The Morgan fingerprint density at radius 1 is 1.36 bits per heavy atom. The highest BCUT2D eigenvalue weighted by Crippen LogP contribution is 2.17. The highest BCUT2D eigenvalue weighted by atomic mass is 15.2. The molecule has 14 heavy (non-hydrogen) atoms. The minimum Gasteiger partial charge on any atom is -0.354 e. The molecule has 1 aromatic rings. The van der Waals surface area contributed by atoms with E-state index in [-0.39, 0.29) is 0 Å². The van der Waals surface area contributed by atoms with Gasteiger partial charge in [-0.25, -0.2) is 0 Å². The summed E-state index contributed by atoms with van der Waals surface area (Å²) < 4.78 is 0. The Hall–Kier alpha value is -1.51. The standard InChI is InChI=1S/C11H15N3/c1-8-4-3-5-10(9(8)2)14-11-12-6-7-13-11/h3-5H,6-7H2,1-2H3,(H2,12,13,14). The topological polar surface area (TPSA) is 36.4 Å². The highest BCUT2D eigenvalue weighted by Gasteiger charge is 2.06. The summed E-state index contributed by atoms with van der Waals surface area (Å²) in [5.74, 6) is 0.888. The molecule has 2 N–H and O–H groups in total. The lowest BCUT2D eigenvalue weighted by Gasteiger charge is -2.11. The maximum atomic E-state index is 4.30. The molecule has 0 aromatic heterocycles. The van der Waals surface area contributed by atoms with Gasteiger partial charge in [0.25, 0.3) is 0 Å². The summed E-state index contributed by atoms with van der Waals surface area (Å²) in [6.07, 6.45) is 0. The van der Waals surface area contributed by atoms with E-state index in [1.54, 1.807) is 0 Å². The largest absolute Gasteiger partial charge is 0.354 e. The monoisotopic (exact) mass is 189 g/mol. The normalized spacial score (nSPS) is 14.9. The van der Waals surface area contributed by atoms with Gasteiger partial charge in [0.15, 0.2) is 5.96 Å². The molecule has 2 rings (SSSR count). The Labute approximate surface area is 84.2 Å². The van der Waals surface area contributed by atoms with E-state index in [2.05, 4.69) is 47.7 Å². The van der Waals surface area contributed by atoms with Crippen LogP contribution in [0.3, 0.4) is 0 Å². The summed E-state index contributed by atoms with van der Waals surface area (Å²) >= 11 is 0. The SMILES string of the molecule is Cc1cccc(NC2=NCCN2)c1C. The number of hydrogen-bond acceptors (Lipinski definition) is 3. The van der Waals surface area contributed by atoms with Crippen LogP contribution in [0.1, 0.15) is 11.1 Å². The molecule has 0 spiro atoms. The number of hydrogen-bond donors (Lipinski definition) is 2. The number of benzene rings is 1. The summed E-state index contributed by atoms with van der Waals surface area (Å²) in [7, 11) is 0. The molecular weight excluding hydrogens is 174 g/mol. The predicted molar refractivity (Wildman–Crippen MR) is 59.8 cm³/mol. The summed E-state index contributed by atoms with van der Waals surface area (Å²) in [5, 5.41) is 6.48. The van der Waals surface area contributed by atoms with Crippen LogP contribution in [-0.2, 0) is 0 Å². The van der Waals surface area contributed by atoms with Crippen molar-refractivity contribution < 1.29 is 0 Å². The molecule has 0 unspecified atom stereocenters. The lowest BCUT2D eigenvalue weighted by atomic mass is 10.1. The number of nitrogens with one attached hydrogen (secondary N) is 2. The first-order valence-electron chi connectivity index (χ1n) is 4.89.